The Morgan fingerprint density at radius 1 is 1.31 bits per heavy atom. The molecule has 1 aromatic carbocycles. The highest BCUT2D eigenvalue weighted by Crippen LogP contribution is 2.27. The van der Waals surface area contributed by atoms with E-state index in [2.05, 4.69) is 41.1 Å². The van der Waals surface area contributed by atoms with E-state index in [1.165, 1.54) is 11.1 Å². The Balaban J connectivity index is 3.01. The molecule has 1 rings (SSSR count). The molecule has 0 spiro atoms. The van der Waals surface area contributed by atoms with Crippen molar-refractivity contribution in [3.8, 4) is 0 Å². The monoisotopic (exact) mass is 242 g/mol. The number of hydrogen-bond donors (Lipinski definition) is 1. The van der Waals surface area contributed by atoms with Crippen molar-refractivity contribution in [2.24, 2.45) is 0 Å². The van der Waals surface area contributed by atoms with Crippen molar-refractivity contribution < 1.29 is 5.11 Å². The van der Waals surface area contributed by atoms with E-state index in [9.17, 15) is 5.11 Å². The van der Waals surface area contributed by atoms with Gasteiger partial charge in [-0.2, -0.15) is 0 Å². The van der Waals surface area contributed by atoms with Crippen molar-refractivity contribution in [1.82, 2.24) is 0 Å². The van der Waals surface area contributed by atoms with E-state index in [1.807, 2.05) is 13.8 Å². The fourth-order valence-electron chi connectivity index (χ4n) is 1.26. The van der Waals surface area contributed by atoms with Crippen LogP contribution in [-0.2, 0) is 0 Å². The van der Waals surface area contributed by atoms with E-state index in [-0.39, 0.29) is 12.0 Å². The van der Waals surface area contributed by atoms with E-state index >= 15 is 0 Å². The zero-order valence-corrected chi connectivity index (χ0v) is 9.80. The first-order chi connectivity index (χ1) is 6.02. The Kier molecular flexibility index (Phi) is 3.51. The molecule has 0 aliphatic carbocycles. The van der Waals surface area contributed by atoms with Gasteiger partial charge in [0, 0.05) is 10.4 Å². The maximum atomic E-state index is 9.45. The zero-order chi connectivity index (χ0) is 10.0. The lowest BCUT2D eigenvalue weighted by Crippen LogP contribution is -2.11. The van der Waals surface area contributed by atoms with E-state index in [0.717, 1.165) is 4.47 Å². The first-order valence-corrected chi connectivity index (χ1v) is 5.25. The standard InChI is InChI=1S/C11H15BrO/c1-7-4-5-10(11(12)6-7)8(2)9(3)13/h4-6,8-9,13H,1-3H3/t8?,9-/m0/s1. The fourth-order valence-corrected chi connectivity index (χ4v) is 2.12. The number of halogens is 1. The molecule has 1 aromatic rings. The van der Waals surface area contributed by atoms with Gasteiger partial charge in [-0.1, -0.05) is 35.0 Å². The average molecular weight is 243 g/mol. The van der Waals surface area contributed by atoms with Crippen LogP contribution in [0, 0.1) is 6.92 Å². The number of aryl methyl sites for hydroxylation is 1. The number of rotatable bonds is 2. The highest BCUT2D eigenvalue weighted by Gasteiger charge is 2.13. The number of hydrogen-bond acceptors (Lipinski definition) is 1. The molecule has 0 bridgehead atoms. The normalized spacial score (nSPS) is 15.5. The predicted molar refractivity (Wildman–Crippen MR) is 59.0 cm³/mol. The number of aliphatic hydroxyl groups is 1. The van der Waals surface area contributed by atoms with E-state index in [0.29, 0.717) is 0 Å². The quantitative estimate of drug-likeness (QED) is 0.845. The molecule has 1 unspecified atom stereocenters. The third-order valence-corrected chi connectivity index (χ3v) is 3.06. The van der Waals surface area contributed by atoms with Gasteiger partial charge in [-0.25, -0.2) is 0 Å². The first kappa shape index (κ1) is 10.7. The summed E-state index contributed by atoms with van der Waals surface area (Å²) in [4.78, 5) is 0. The number of benzene rings is 1. The summed E-state index contributed by atoms with van der Waals surface area (Å²) in [5.74, 6) is 0.176. The Morgan fingerprint density at radius 3 is 2.38 bits per heavy atom. The topological polar surface area (TPSA) is 20.2 Å². The van der Waals surface area contributed by atoms with E-state index < -0.39 is 0 Å². The lowest BCUT2D eigenvalue weighted by atomic mass is 9.96. The van der Waals surface area contributed by atoms with Gasteiger partial charge >= 0.3 is 0 Å². The van der Waals surface area contributed by atoms with Gasteiger partial charge in [-0.05, 0) is 31.0 Å². The second-order valence-corrected chi connectivity index (χ2v) is 4.41. The summed E-state index contributed by atoms with van der Waals surface area (Å²) < 4.78 is 1.08. The Morgan fingerprint density at radius 2 is 1.92 bits per heavy atom. The van der Waals surface area contributed by atoms with Crippen LogP contribution in [0.4, 0.5) is 0 Å². The van der Waals surface area contributed by atoms with Crippen LogP contribution in [0.25, 0.3) is 0 Å². The minimum Gasteiger partial charge on any atom is -0.393 e. The summed E-state index contributed by atoms with van der Waals surface area (Å²) >= 11 is 3.50. The van der Waals surface area contributed by atoms with Gasteiger partial charge < -0.3 is 5.11 Å². The van der Waals surface area contributed by atoms with Crippen LogP contribution in [0.15, 0.2) is 22.7 Å². The SMILES string of the molecule is Cc1ccc(C(C)[C@H](C)O)c(Br)c1. The van der Waals surface area contributed by atoms with Crippen LogP contribution < -0.4 is 0 Å². The molecule has 0 radical (unpaired) electrons. The van der Waals surface area contributed by atoms with Gasteiger partial charge in [0.1, 0.15) is 0 Å². The highest BCUT2D eigenvalue weighted by molar-refractivity contribution is 9.10. The van der Waals surface area contributed by atoms with E-state index in [4.69, 9.17) is 0 Å². The minimum absolute atomic E-state index is 0.176. The third-order valence-electron chi connectivity index (χ3n) is 2.37. The van der Waals surface area contributed by atoms with Crippen molar-refractivity contribution in [1.29, 1.82) is 0 Å². The lowest BCUT2D eigenvalue weighted by molar-refractivity contribution is 0.168. The van der Waals surface area contributed by atoms with Gasteiger partial charge in [0.05, 0.1) is 6.10 Å². The van der Waals surface area contributed by atoms with Crippen molar-refractivity contribution >= 4 is 15.9 Å². The second kappa shape index (κ2) is 4.25. The fraction of sp³-hybridized carbons (Fsp3) is 0.455. The molecule has 2 atom stereocenters. The smallest absolute Gasteiger partial charge is 0.0578 e. The van der Waals surface area contributed by atoms with Crippen LogP contribution >= 0.6 is 15.9 Å². The first-order valence-electron chi connectivity index (χ1n) is 4.46. The van der Waals surface area contributed by atoms with Gasteiger partial charge in [-0.3, -0.25) is 0 Å². The molecule has 0 saturated heterocycles. The minimum atomic E-state index is -0.306. The number of aliphatic hydroxyl groups excluding tert-OH is 1. The van der Waals surface area contributed by atoms with Crippen molar-refractivity contribution in [2.75, 3.05) is 0 Å². The molecular weight excluding hydrogens is 228 g/mol. The maximum absolute atomic E-state index is 9.45. The molecule has 1 N–H and O–H groups in total. The summed E-state index contributed by atoms with van der Waals surface area (Å²) in [6.07, 6.45) is -0.306. The molecule has 0 aliphatic rings. The molecule has 72 valence electrons. The second-order valence-electron chi connectivity index (χ2n) is 3.55. The van der Waals surface area contributed by atoms with E-state index in [1.54, 1.807) is 0 Å². The Bertz CT molecular complexity index is 294. The van der Waals surface area contributed by atoms with Crippen LogP contribution in [0.5, 0.6) is 0 Å². The third kappa shape index (κ3) is 2.55. The lowest BCUT2D eigenvalue weighted by Gasteiger charge is -2.16. The van der Waals surface area contributed by atoms with Gasteiger partial charge in [0.2, 0.25) is 0 Å². The summed E-state index contributed by atoms with van der Waals surface area (Å²) in [7, 11) is 0. The van der Waals surface area contributed by atoms with Crippen LogP contribution in [0.3, 0.4) is 0 Å². The van der Waals surface area contributed by atoms with Crippen molar-refractivity contribution in [3.63, 3.8) is 0 Å². The summed E-state index contributed by atoms with van der Waals surface area (Å²) in [6.45, 7) is 5.90. The zero-order valence-electron chi connectivity index (χ0n) is 8.21. The molecule has 0 heterocycles. The molecule has 2 heteroatoms. The Hall–Kier alpha value is -0.340. The molecule has 0 saturated carbocycles. The molecule has 0 fully saturated rings. The van der Waals surface area contributed by atoms with Gasteiger partial charge in [-0.15, -0.1) is 0 Å². The summed E-state index contributed by atoms with van der Waals surface area (Å²) in [5, 5.41) is 9.45. The average Bonchev–Trinajstić information content (AvgIpc) is 2.03. The Labute approximate surface area is 87.9 Å². The highest BCUT2D eigenvalue weighted by atomic mass is 79.9. The van der Waals surface area contributed by atoms with Crippen LogP contribution in [0.2, 0.25) is 0 Å². The molecular formula is C11H15BrO. The molecule has 0 aromatic heterocycles. The van der Waals surface area contributed by atoms with Crippen molar-refractivity contribution in [3.05, 3.63) is 33.8 Å². The van der Waals surface area contributed by atoms with Crippen LogP contribution in [0.1, 0.15) is 30.9 Å². The maximum Gasteiger partial charge on any atom is 0.0578 e. The molecule has 0 amide bonds. The van der Waals surface area contributed by atoms with Gasteiger partial charge in [0.25, 0.3) is 0 Å². The molecule has 1 nitrogen and oxygen atoms in total. The molecule has 13 heavy (non-hydrogen) atoms. The van der Waals surface area contributed by atoms with Crippen molar-refractivity contribution in [2.45, 2.75) is 32.8 Å². The molecule has 0 aliphatic heterocycles. The van der Waals surface area contributed by atoms with Gasteiger partial charge in [0.15, 0.2) is 0 Å². The summed E-state index contributed by atoms with van der Waals surface area (Å²) in [5.41, 5.74) is 2.40. The largest absolute Gasteiger partial charge is 0.393 e. The summed E-state index contributed by atoms with van der Waals surface area (Å²) in [6, 6.07) is 6.21. The predicted octanol–water partition coefficient (Wildman–Crippen LogP) is 3.24. The van der Waals surface area contributed by atoms with Crippen LogP contribution in [-0.4, -0.2) is 11.2 Å².